The fourth-order valence-electron chi connectivity index (χ4n) is 1.81. The third-order valence-electron chi connectivity index (χ3n) is 2.74. The molecule has 0 aliphatic heterocycles. The highest BCUT2D eigenvalue weighted by atomic mass is 16.5. The highest BCUT2D eigenvalue weighted by molar-refractivity contribution is 5.31. The Morgan fingerprint density at radius 1 is 1.62 bits per heavy atom. The molecule has 1 aliphatic rings. The Morgan fingerprint density at radius 2 is 2.38 bits per heavy atom. The van der Waals surface area contributed by atoms with Gasteiger partial charge in [-0.15, -0.1) is 0 Å². The Labute approximate surface area is 97.0 Å². The Balaban J connectivity index is 1.97. The molecule has 0 bridgehead atoms. The summed E-state index contributed by atoms with van der Waals surface area (Å²) in [5, 5.41) is 3.41. The van der Waals surface area contributed by atoms with Gasteiger partial charge in [-0.2, -0.15) is 0 Å². The zero-order chi connectivity index (χ0) is 11.5. The molecule has 90 valence electrons. The van der Waals surface area contributed by atoms with Gasteiger partial charge in [-0.25, -0.2) is 4.98 Å². The van der Waals surface area contributed by atoms with Gasteiger partial charge in [0.05, 0.1) is 12.3 Å². The third-order valence-corrected chi connectivity index (χ3v) is 2.74. The molecule has 1 fully saturated rings. The second-order valence-corrected chi connectivity index (χ2v) is 4.55. The number of aromatic nitrogens is 2. The third kappa shape index (κ3) is 2.76. The van der Waals surface area contributed by atoms with Crippen molar-refractivity contribution in [3.8, 4) is 0 Å². The summed E-state index contributed by atoms with van der Waals surface area (Å²) in [6, 6.07) is 0.974. The van der Waals surface area contributed by atoms with Crippen LogP contribution in [0.2, 0.25) is 0 Å². The first-order valence-electron chi connectivity index (χ1n) is 6.10. The van der Waals surface area contributed by atoms with Crippen molar-refractivity contribution in [2.45, 2.75) is 45.7 Å². The van der Waals surface area contributed by atoms with Gasteiger partial charge in [0.15, 0.2) is 0 Å². The first kappa shape index (κ1) is 11.5. The van der Waals surface area contributed by atoms with Gasteiger partial charge in [0, 0.05) is 24.9 Å². The van der Waals surface area contributed by atoms with Gasteiger partial charge >= 0.3 is 0 Å². The van der Waals surface area contributed by atoms with Crippen LogP contribution in [0.25, 0.3) is 0 Å². The highest BCUT2D eigenvalue weighted by Gasteiger charge is 2.26. The Kier molecular flexibility index (Phi) is 3.49. The molecule has 1 atom stereocenters. The minimum absolute atomic E-state index is 0.305. The molecule has 16 heavy (non-hydrogen) atoms. The molecule has 1 N–H and O–H groups in total. The minimum atomic E-state index is 0.305. The SMILES string of the molecule is CCOCC(C)Nc1nc(C)cn1C1CC1. The lowest BCUT2D eigenvalue weighted by molar-refractivity contribution is 0.141. The fourth-order valence-corrected chi connectivity index (χ4v) is 1.81. The lowest BCUT2D eigenvalue weighted by Crippen LogP contribution is -2.23. The van der Waals surface area contributed by atoms with E-state index in [4.69, 9.17) is 4.74 Å². The molecule has 2 rings (SSSR count). The van der Waals surface area contributed by atoms with Gasteiger partial charge in [0.1, 0.15) is 0 Å². The van der Waals surface area contributed by atoms with Crippen LogP contribution in [0.5, 0.6) is 0 Å². The van der Waals surface area contributed by atoms with Crippen molar-refractivity contribution in [1.29, 1.82) is 0 Å². The lowest BCUT2D eigenvalue weighted by atomic mass is 10.4. The van der Waals surface area contributed by atoms with E-state index in [0.29, 0.717) is 12.1 Å². The summed E-state index contributed by atoms with van der Waals surface area (Å²) in [5.41, 5.74) is 1.08. The van der Waals surface area contributed by atoms with Crippen molar-refractivity contribution in [3.63, 3.8) is 0 Å². The molecule has 4 heteroatoms. The molecule has 0 aromatic carbocycles. The number of rotatable bonds is 6. The van der Waals surface area contributed by atoms with E-state index < -0.39 is 0 Å². The zero-order valence-electron chi connectivity index (χ0n) is 10.4. The van der Waals surface area contributed by atoms with Crippen LogP contribution >= 0.6 is 0 Å². The van der Waals surface area contributed by atoms with Gasteiger partial charge < -0.3 is 14.6 Å². The topological polar surface area (TPSA) is 39.1 Å². The van der Waals surface area contributed by atoms with Crippen molar-refractivity contribution in [2.24, 2.45) is 0 Å². The van der Waals surface area contributed by atoms with Crippen LogP contribution in [0.3, 0.4) is 0 Å². The summed E-state index contributed by atoms with van der Waals surface area (Å²) in [5.74, 6) is 0.993. The molecule has 1 heterocycles. The van der Waals surface area contributed by atoms with Crippen LogP contribution < -0.4 is 5.32 Å². The van der Waals surface area contributed by atoms with E-state index in [1.807, 2.05) is 13.8 Å². The summed E-state index contributed by atoms with van der Waals surface area (Å²) in [7, 11) is 0. The number of nitrogens with one attached hydrogen (secondary N) is 1. The van der Waals surface area contributed by atoms with Crippen LogP contribution in [0.4, 0.5) is 5.95 Å². The predicted octanol–water partition coefficient (Wildman–Crippen LogP) is 2.36. The van der Waals surface area contributed by atoms with Gasteiger partial charge in [-0.05, 0) is 33.6 Å². The number of ether oxygens (including phenoxy) is 1. The largest absolute Gasteiger partial charge is 0.380 e. The number of nitrogens with zero attached hydrogens (tertiary/aromatic N) is 2. The summed E-state index contributed by atoms with van der Waals surface area (Å²) in [4.78, 5) is 4.52. The molecule has 4 nitrogen and oxygen atoms in total. The Morgan fingerprint density at radius 3 is 3.00 bits per heavy atom. The van der Waals surface area contributed by atoms with E-state index in [0.717, 1.165) is 24.9 Å². The van der Waals surface area contributed by atoms with E-state index >= 15 is 0 Å². The normalized spacial score (nSPS) is 17.4. The van der Waals surface area contributed by atoms with Crippen LogP contribution in [-0.4, -0.2) is 28.8 Å². The summed E-state index contributed by atoms with van der Waals surface area (Å²) >= 11 is 0. The van der Waals surface area contributed by atoms with Crippen LogP contribution in [0.1, 0.15) is 38.4 Å². The van der Waals surface area contributed by atoms with E-state index in [1.54, 1.807) is 0 Å². The van der Waals surface area contributed by atoms with E-state index in [9.17, 15) is 0 Å². The number of hydrogen-bond acceptors (Lipinski definition) is 3. The molecular formula is C12H21N3O. The van der Waals surface area contributed by atoms with E-state index in [-0.39, 0.29) is 0 Å². The van der Waals surface area contributed by atoms with E-state index in [2.05, 4.69) is 28.0 Å². The van der Waals surface area contributed by atoms with Crippen molar-refractivity contribution >= 4 is 5.95 Å². The van der Waals surface area contributed by atoms with Crippen molar-refractivity contribution in [1.82, 2.24) is 9.55 Å². The lowest BCUT2D eigenvalue weighted by Gasteiger charge is -2.15. The van der Waals surface area contributed by atoms with Crippen molar-refractivity contribution in [2.75, 3.05) is 18.5 Å². The first-order chi connectivity index (χ1) is 7.70. The Hall–Kier alpha value is -1.03. The molecule has 0 saturated heterocycles. The van der Waals surface area contributed by atoms with E-state index in [1.165, 1.54) is 12.8 Å². The summed E-state index contributed by atoms with van der Waals surface area (Å²) in [6.45, 7) is 7.67. The first-order valence-corrected chi connectivity index (χ1v) is 6.10. The fraction of sp³-hybridized carbons (Fsp3) is 0.750. The quantitative estimate of drug-likeness (QED) is 0.804. The summed E-state index contributed by atoms with van der Waals surface area (Å²) in [6.07, 6.45) is 4.70. The monoisotopic (exact) mass is 223 g/mol. The molecular weight excluding hydrogens is 202 g/mol. The average Bonchev–Trinajstić information content (AvgIpc) is 3.01. The van der Waals surface area contributed by atoms with Crippen LogP contribution in [0, 0.1) is 6.92 Å². The molecule has 0 amide bonds. The molecule has 1 aromatic heterocycles. The van der Waals surface area contributed by atoms with Crippen molar-refractivity contribution in [3.05, 3.63) is 11.9 Å². The highest BCUT2D eigenvalue weighted by Crippen LogP contribution is 2.37. The van der Waals surface area contributed by atoms with Gasteiger partial charge in [0.2, 0.25) is 5.95 Å². The predicted molar refractivity (Wildman–Crippen MR) is 64.8 cm³/mol. The average molecular weight is 223 g/mol. The molecule has 1 aliphatic carbocycles. The Bertz CT molecular complexity index is 344. The number of imidazole rings is 1. The molecule has 0 spiro atoms. The molecule has 1 saturated carbocycles. The number of hydrogen-bond donors (Lipinski definition) is 1. The maximum absolute atomic E-state index is 5.39. The summed E-state index contributed by atoms with van der Waals surface area (Å²) < 4.78 is 7.65. The van der Waals surface area contributed by atoms with Crippen molar-refractivity contribution < 1.29 is 4.74 Å². The maximum atomic E-state index is 5.39. The zero-order valence-corrected chi connectivity index (χ0v) is 10.4. The second kappa shape index (κ2) is 4.87. The van der Waals surface area contributed by atoms with Crippen LogP contribution in [0.15, 0.2) is 6.20 Å². The minimum Gasteiger partial charge on any atom is -0.380 e. The number of aryl methyl sites for hydroxylation is 1. The molecule has 1 unspecified atom stereocenters. The standard InChI is InChI=1S/C12H21N3O/c1-4-16-8-10(3)14-12-13-9(2)7-15(12)11-5-6-11/h7,10-11H,4-6,8H2,1-3H3,(H,13,14). The van der Waals surface area contributed by atoms with Gasteiger partial charge in [0.25, 0.3) is 0 Å². The van der Waals surface area contributed by atoms with Gasteiger partial charge in [-0.3, -0.25) is 0 Å². The smallest absolute Gasteiger partial charge is 0.203 e. The maximum Gasteiger partial charge on any atom is 0.203 e. The van der Waals surface area contributed by atoms with Gasteiger partial charge in [-0.1, -0.05) is 0 Å². The molecule has 0 radical (unpaired) electrons. The van der Waals surface area contributed by atoms with Crippen LogP contribution in [-0.2, 0) is 4.74 Å². The number of anilines is 1. The molecule has 1 aromatic rings. The second-order valence-electron chi connectivity index (χ2n) is 4.55.